The van der Waals surface area contributed by atoms with Gasteiger partial charge in [-0.15, -0.1) is 6.58 Å². The highest BCUT2D eigenvalue weighted by Crippen LogP contribution is 2.35. The van der Waals surface area contributed by atoms with E-state index in [2.05, 4.69) is 11.9 Å². The Kier molecular flexibility index (Phi) is 7.79. The second-order valence-electron chi connectivity index (χ2n) is 8.39. The largest absolute Gasteiger partial charge is 0.493 e. The minimum Gasteiger partial charge on any atom is -0.493 e. The van der Waals surface area contributed by atoms with Gasteiger partial charge < -0.3 is 9.47 Å². The number of para-hydroxylation sites is 1. The smallest absolute Gasteiger partial charge is 0.270 e. The molecule has 0 spiro atoms. The molecule has 0 aliphatic carbocycles. The number of halogens is 1. The van der Waals surface area contributed by atoms with Gasteiger partial charge in [-0.2, -0.15) is 0 Å². The van der Waals surface area contributed by atoms with Gasteiger partial charge in [-0.3, -0.25) is 14.9 Å². The Hall–Kier alpha value is -4.30. The molecule has 4 rings (SSSR count). The number of hydrogen-bond donors (Lipinski definition) is 1. The van der Waals surface area contributed by atoms with Gasteiger partial charge in [-0.25, -0.2) is 9.29 Å². The Morgan fingerprint density at radius 1 is 1.11 bits per heavy atom. The Bertz CT molecular complexity index is 1420. The summed E-state index contributed by atoms with van der Waals surface area (Å²) in [5.41, 5.74) is 3.19. The summed E-state index contributed by atoms with van der Waals surface area (Å²) in [5.74, 6) is -1.07. The van der Waals surface area contributed by atoms with Crippen LogP contribution in [0.3, 0.4) is 0 Å². The van der Waals surface area contributed by atoms with Gasteiger partial charge in [0.25, 0.3) is 11.8 Å². The van der Waals surface area contributed by atoms with Crippen LogP contribution in [0.1, 0.15) is 22.3 Å². The fourth-order valence-electron chi connectivity index (χ4n) is 3.91. The number of nitrogens with one attached hydrogen (secondary N) is 1. The Morgan fingerprint density at radius 2 is 1.84 bits per heavy atom. The predicted molar refractivity (Wildman–Crippen MR) is 145 cm³/mol. The molecular formula is C29H25FN2O4S. The van der Waals surface area contributed by atoms with Crippen molar-refractivity contribution in [2.45, 2.75) is 20.0 Å². The zero-order chi connectivity index (χ0) is 26.5. The number of hydrogen-bond acceptors (Lipinski definition) is 5. The first kappa shape index (κ1) is 25.8. The summed E-state index contributed by atoms with van der Waals surface area (Å²) in [7, 11) is 1.51. The van der Waals surface area contributed by atoms with Gasteiger partial charge in [0.1, 0.15) is 18.0 Å². The molecule has 1 saturated heterocycles. The van der Waals surface area contributed by atoms with Crippen LogP contribution in [-0.2, 0) is 22.6 Å². The second-order valence-corrected chi connectivity index (χ2v) is 8.77. The maximum Gasteiger partial charge on any atom is 0.270 e. The summed E-state index contributed by atoms with van der Waals surface area (Å²) in [6.07, 6.45) is 3.61. The molecule has 0 atom stereocenters. The molecule has 1 aliphatic heterocycles. The molecule has 1 fully saturated rings. The predicted octanol–water partition coefficient (Wildman–Crippen LogP) is 5.28. The third kappa shape index (κ3) is 5.59. The van der Waals surface area contributed by atoms with E-state index < -0.39 is 17.6 Å². The zero-order valence-corrected chi connectivity index (χ0v) is 21.2. The monoisotopic (exact) mass is 516 g/mol. The van der Waals surface area contributed by atoms with Crippen molar-refractivity contribution in [1.29, 1.82) is 0 Å². The Morgan fingerprint density at radius 3 is 2.51 bits per heavy atom. The van der Waals surface area contributed by atoms with E-state index in [4.69, 9.17) is 21.7 Å². The number of benzene rings is 3. The van der Waals surface area contributed by atoms with Crippen LogP contribution in [0.2, 0.25) is 0 Å². The van der Waals surface area contributed by atoms with E-state index in [9.17, 15) is 14.0 Å². The number of allylic oxidation sites excluding steroid dienone is 1. The van der Waals surface area contributed by atoms with Crippen LogP contribution in [-0.4, -0.2) is 24.0 Å². The number of nitrogens with zero attached hydrogens (tertiary/aromatic N) is 1. The molecule has 3 aromatic carbocycles. The van der Waals surface area contributed by atoms with Crippen LogP contribution in [0, 0.1) is 12.7 Å². The maximum atomic E-state index is 14.4. The van der Waals surface area contributed by atoms with Gasteiger partial charge in [-0.1, -0.05) is 48.0 Å². The number of amides is 2. The molecule has 0 bridgehead atoms. The van der Waals surface area contributed by atoms with Crippen LogP contribution in [0.5, 0.6) is 11.5 Å². The van der Waals surface area contributed by atoms with Gasteiger partial charge in [0, 0.05) is 5.56 Å². The number of anilines is 1. The van der Waals surface area contributed by atoms with Crippen LogP contribution in [0.4, 0.5) is 10.1 Å². The normalized spacial score (nSPS) is 14.5. The number of methoxy groups -OCH3 is 1. The highest BCUT2D eigenvalue weighted by molar-refractivity contribution is 7.80. The van der Waals surface area contributed by atoms with E-state index in [1.807, 2.05) is 31.2 Å². The van der Waals surface area contributed by atoms with Crippen molar-refractivity contribution in [2.75, 3.05) is 12.0 Å². The van der Waals surface area contributed by atoms with Crippen molar-refractivity contribution >= 4 is 40.9 Å². The Balaban J connectivity index is 1.70. The van der Waals surface area contributed by atoms with Gasteiger partial charge >= 0.3 is 0 Å². The van der Waals surface area contributed by atoms with Gasteiger partial charge in [-0.05, 0) is 67.0 Å². The SMILES string of the molecule is C=CCc1cc(/C=C2\C(=O)NC(=S)N(c3ccccc3F)C2=O)cc(OC)c1OCc1ccc(C)cc1. The summed E-state index contributed by atoms with van der Waals surface area (Å²) >= 11 is 5.16. The van der Waals surface area contributed by atoms with Crippen molar-refractivity contribution in [3.05, 3.63) is 107 Å². The van der Waals surface area contributed by atoms with E-state index in [-0.39, 0.29) is 16.4 Å². The summed E-state index contributed by atoms with van der Waals surface area (Å²) in [6.45, 7) is 6.17. The van der Waals surface area contributed by atoms with E-state index in [0.717, 1.165) is 21.6 Å². The molecular weight excluding hydrogens is 491 g/mol. The summed E-state index contributed by atoms with van der Waals surface area (Å²) in [6, 6.07) is 17.2. The van der Waals surface area contributed by atoms with Crippen molar-refractivity contribution in [3.8, 4) is 11.5 Å². The molecule has 1 N–H and O–H groups in total. The molecule has 6 nitrogen and oxygen atoms in total. The number of aryl methyl sites for hydroxylation is 1. The van der Waals surface area contributed by atoms with Crippen LogP contribution in [0.15, 0.2) is 78.9 Å². The highest BCUT2D eigenvalue weighted by atomic mass is 32.1. The van der Waals surface area contributed by atoms with Crippen LogP contribution in [0.25, 0.3) is 6.08 Å². The number of ether oxygens (including phenoxy) is 2. The number of carbonyl (C=O) groups is 2. The minimum atomic E-state index is -0.734. The number of rotatable bonds is 8. The highest BCUT2D eigenvalue weighted by Gasteiger charge is 2.35. The zero-order valence-electron chi connectivity index (χ0n) is 20.4. The molecule has 2 amide bonds. The van der Waals surface area contributed by atoms with Crippen molar-refractivity contribution in [1.82, 2.24) is 5.32 Å². The number of carbonyl (C=O) groups excluding carboxylic acids is 2. The molecule has 3 aromatic rings. The van der Waals surface area contributed by atoms with Crippen molar-refractivity contribution in [3.63, 3.8) is 0 Å². The molecule has 0 aromatic heterocycles. The lowest BCUT2D eigenvalue weighted by atomic mass is 10.0. The molecule has 1 aliphatic rings. The summed E-state index contributed by atoms with van der Waals surface area (Å²) < 4.78 is 26.2. The summed E-state index contributed by atoms with van der Waals surface area (Å²) in [4.78, 5) is 27.0. The van der Waals surface area contributed by atoms with E-state index >= 15 is 0 Å². The van der Waals surface area contributed by atoms with Crippen molar-refractivity contribution < 1.29 is 23.5 Å². The van der Waals surface area contributed by atoms with E-state index in [0.29, 0.717) is 30.1 Å². The van der Waals surface area contributed by atoms with E-state index in [1.54, 1.807) is 24.3 Å². The Labute approximate surface area is 220 Å². The topological polar surface area (TPSA) is 67.9 Å². The average molecular weight is 517 g/mol. The molecule has 8 heteroatoms. The molecule has 188 valence electrons. The molecule has 1 heterocycles. The number of thiocarbonyl (C=S) groups is 1. The van der Waals surface area contributed by atoms with Gasteiger partial charge in [0.2, 0.25) is 0 Å². The standard InChI is InChI=1S/C29H25FN2O4S/c1-4-7-21-14-20(16-25(35-3)26(21)36-17-19-12-10-18(2)11-13-19)15-22-27(33)31-29(37)32(28(22)34)24-9-6-5-8-23(24)30/h4-6,8-16H,1,7,17H2,2-3H3,(H,31,33,37)/b22-15+. The molecule has 0 radical (unpaired) electrons. The minimum absolute atomic E-state index is 0.0480. The van der Waals surface area contributed by atoms with Crippen LogP contribution >= 0.6 is 12.2 Å². The average Bonchev–Trinajstić information content (AvgIpc) is 2.88. The second kappa shape index (κ2) is 11.2. The van der Waals surface area contributed by atoms with Gasteiger partial charge in [0.05, 0.1) is 12.8 Å². The fourth-order valence-corrected chi connectivity index (χ4v) is 4.18. The van der Waals surface area contributed by atoms with Crippen molar-refractivity contribution in [2.24, 2.45) is 0 Å². The lowest BCUT2D eigenvalue weighted by Crippen LogP contribution is -2.54. The first-order valence-corrected chi connectivity index (χ1v) is 11.9. The summed E-state index contributed by atoms with van der Waals surface area (Å²) in [5, 5.41) is 2.28. The van der Waals surface area contributed by atoms with Gasteiger partial charge in [0.15, 0.2) is 16.6 Å². The van der Waals surface area contributed by atoms with E-state index in [1.165, 1.54) is 31.4 Å². The first-order valence-electron chi connectivity index (χ1n) is 11.5. The lowest BCUT2D eigenvalue weighted by molar-refractivity contribution is -0.122. The first-order chi connectivity index (χ1) is 17.8. The quantitative estimate of drug-likeness (QED) is 0.191. The third-order valence-electron chi connectivity index (χ3n) is 5.75. The third-order valence-corrected chi connectivity index (χ3v) is 6.03. The molecule has 0 saturated carbocycles. The van der Waals surface area contributed by atoms with Crippen LogP contribution < -0.4 is 19.7 Å². The lowest BCUT2D eigenvalue weighted by Gasteiger charge is -2.29. The molecule has 37 heavy (non-hydrogen) atoms. The fraction of sp³-hybridized carbons (Fsp3) is 0.138. The molecule has 0 unspecified atom stereocenters. The maximum absolute atomic E-state index is 14.4.